The van der Waals surface area contributed by atoms with E-state index in [1.807, 2.05) is 6.07 Å². The Bertz CT molecular complexity index is 844. The molecule has 2 bridgehead atoms. The van der Waals surface area contributed by atoms with Crippen molar-refractivity contribution in [3.63, 3.8) is 0 Å². The third-order valence-electron chi connectivity index (χ3n) is 5.75. The summed E-state index contributed by atoms with van der Waals surface area (Å²) in [7, 11) is 0. The first-order valence-corrected chi connectivity index (χ1v) is 9.54. The lowest BCUT2D eigenvalue weighted by Crippen LogP contribution is -2.59. The van der Waals surface area contributed by atoms with Gasteiger partial charge in [-0.05, 0) is 44.0 Å². The van der Waals surface area contributed by atoms with Crippen molar-refractivity contribution < 1.29 is 13.6 Å². The minimum Gasteiger partial charge on any atom is -0.300 e. The molecule has 1 aromatic carbocycles. The zero-order chi connectivity index (χ0) is 17.0. The Morgan fingerprint density at radius 2 is 2.16 bits per heavy atom. The van der Waals surface area contributed by atoms with E-state index in [0.717, 1.165) is 29.2 Å². The van der Waals surface area contributed by atoms with Gasteiger partial charge in [-0.3, -0.25) is 10.3 Å². The predicted octanol–water partition coefficient (Wildman–Crippen LogP) is 4.26. The highest BCUT2D eigenvalue weighted by atomic mass is 32.1. The van der Waals surface area contributed by atoms with Gasteiger partial charge in [0, 0.05) is 34.0 Å². The predicted molar refractivity (Wildman–Crippen MR) is 94.6 cm³/mol. The second kappa shape index (κ2) is 5.72. The molecule has 25 heavy (non-hydrogen) atoms. The van der Waals surface area contributed by atoms with E-state index in [-0.39, 0.29) is 11.2 Å². The van der Waals surface area contributed by atoms with E-state index >= 15 is 0 Å². The van der Waals surface area contributed by atoms with Crippen molar-refractivity contribution in [2.45, 2.75) is 31.3 Å². The van der Waals surface area contributed by atoms with Crippen molar-refractivity contribution in [3.05, 3.63) is 29.1 Å². The molecule has 4 saturated heterocycles. The van der Waals surface area contributed by atoms with Crippen LogP contribution < -0.4 is 5.48 Å². The van der Waals surface area contributed by atoms with Gasteiger partial charge < -0.3 is 4.90 Å². The van der Waals surface area contributed by atoms with E-state index in [1.54, 1.807) is 12.1 Å². The highest BCUT2D eigenvalue weighted by molar-refractivity contribution is 7.17. The molecular formula is C18H19F2N3OS. The summed E-state index contributed by atoms with van der Waals surface area (Å²) in [5, 5.41) is 2.15. The summed E-state index contributed by atoms with van der Waals surface area (Å²) in [5.41, 5.74) is 3.76. The van der Waals surface area contributed by atoms with Crippen LogP contribution in [0, 0.1) is 5.92 Å². The molecule has 0 radical (unpaired) electrons. The van der Waals surface area contributed by atoms with Crippen LogP contribution in [0.3, 0.4) is 0 Å². The summed E-state index contributed by atoms with van der Waals surface area (Å²) in [6.07, 6.45) is 0.727. The Labute approximate surface area is 148 Å². The zero-order valence-electron chi connectivity index (χ0n) is 13.7. The third kappa shape index (κ3) is 2.56. The molecule has 4 fully saturated rings. The number of amidine groups is 1. The molecule has 1 N–H and O–H groups in total. The van der Waals surface area contributed by atoms with Crippen molar-refractivity contribution in [1.29, 1.82) is 0 Å². The molecule has 2 aromatic rings. The van der Waals surface area contributed by atoms with Gasteiger partial charge >= 0.3 is 0 Å². The number of hydrogen-bond acceptors (Lipinski definition) is 4. The van der Waals surface area contributed by atoms with Gasteiger partial charge in [0.05, 0.1) is 5.69 Å². The molecule has 6 rings (SSSR count). The van der Waals surface area contributed by atoms with Crippen LogP contribution in [0.25, 0.3) is 10.1 Å². The number of alkyl halides is 2. The van der Waals surface area contributed by atoms with Crippen LogP contribution >= 0.6 is 11.3 Å². The van der Waals surface area contributed by atoms with E-state index in [9.17, 15) is 8.78 Å². The molecule has 1 spiro atoms. The molecule has 0 amide bonds. The van der Waals surface area contributed by atoms with Crippen molar-refractivity contribution in [1.82, 2.24) is 10.4 Å². The van der Waals surface area contributed by atoms with Gasteiger partial charge in [0.1, 0.15) is 11.4 Å². The number of piperidine rings is 3. The molecule has 1 aromatic heterocycles. The normalized spacial score (nSPS) is 33.0. The second-order valence-corrected chi connectivity index (χ2v) is 8.14. The number of thiophene rings is 1. The fourth-order valence-corrected chi connectivity index (χ4v) is 5.44. The number of hydrogen-bond donors (Lipinski definition) is 1. The smallest absolute Gasteiger partial charge is 0.265 e. The van der Waals surface area contributed by atoms with Crippen LogP contribution in [-0.2, 0) is 4.84 Å². The van der Waals surface area contributed by atoms with E-state index in [0.29, 0.717) is 11.3 Å². The third-order valence-corrected chi connectivity index (χ3v) is 6.71. The molecule has 0 aliphatic carbocycles. The van der Waals surface area contributed by atoms with Gasteiger partial charge in [-0.1, -0.05) is 6.07 Å². The van der Waals surface area contributed by atoms with Gasteiger partial charge in [-0.2, -0.15) is 0 Å². The Balaban J connectivity index is 1.41. The minimum atomic E-state index is -2.44. The SMILES string of the molecule is FC(F)c1csc2cc(N=C3CC4(CN5CCC4CC5)ON3)ccc12. The van der Waals surface area contributed by atoms with Crippen LogP contribution in [0.15, 0.2) is 28.6 Å². The molecule has 1 atom stereocenters. The number of benzene rings is 1. The van der Waals surface area contributed by atoms with Gasteiger partial charge in [-0.15, -0.1) is 11.3 Å². The summed E-state index contributed by atoms with van der Waals surface area (Å²) in [6.45, 7) is 3.30. The fourth-order valence-electron chi connectivity index (χ4n) is 4.45. The van der Waals surface area contributed by atoms with E-state index in [4.69, 9.17) is 4.84 Å². The number of halogens is 2. The second-order valence-electron chi connectivity index (χ2n) is 7.23. The summed E-state index contributed by atoms with van der Waals surface area (Å²) in [4.78, 5) is 13.1. The van der Waals surface area contributed by atoms with Crippen LogP contribution in [0.1, 0.15) is 31.3 Å². The molecule has 7 heteroatoms. The molecule has 5 heterocycles. The Hall–Kier alpha value is -1.57. The first-order chi connectivity index (χ1) is 12.1. The summed E-state index contributed by atoms with van der Waals surface area (Å²) < 4.78 is 26.8. The molecule has 4 nitrogen and oxygen atoms in total. The molecule has 4 aliphatic heterocycles. The maximum Gasteiger partial charge on any atom is 0.265 e. The van der Waals surface area contributed by atoms with Crippen molar-refractivity contribution in [3.8, 4) is 0 Å². The topological polar surface area (TPSA) is 36.9 Å². The summed E-state index contributed by atoms with van der Waals surface area (Å²) >= 11 is 1.34. The first-order valence-electron chi connectivity index (χ1n) is 8.66. The van der Waals surface area contributed by atoms with E-state index in [2.05, 4.69) is 15.4 Å². The number of aliphatic imine (C=N–C) groups is 1. The minimum absolute atomic E-state index is 0.104. The van der Waals surface area contributed by atoms with Crippen LogP contribution in [0.5, 0.6) is 0 Å². The lowest BCUT2D eigenvalue weighted by atomic mass is 9.74. The Morgan fingerprint density at radius 1 is 1.32 bits per heavy atom. The standard InChI is InChI=1S/C18H19F2N3OS/c19-17(20)14-9-25-15-7-12(1-2-13(14)15)21-16-8-18(24-22-16)10-23-5-3-11(18)4-6-23/h1-2,7,9,11,17H,3-6,8,10H2,(H,21,22). The summed E-state index contributed by atoms with van der Waals surface area (Å²) in [5.74, 6) is 1.42. The molecule has 1 unspecified atom stereocenters. The number of nitrogens with zero attached hydrogens (tertiary/aromatic N) is 2. The lowest BCUT2D eigenvalue weighted by molar-refractivity contribution is -0.150. The average molecular weight is 363 g/mol. The Kier molecular flexibility index (Phi) is 3.59. The molecular weight excluding hydrogens is 344 g/mol. The van der Waals surface area contributed by atoms with Crippen LogP contribution in [0.4, 0.5) is 14.5 Å². The van der Waals surface area contributed by atoms with Crippen LogP contribution in [-0.4, -0.2) is 36.0 Å². The highest BCUT2D eigenvalue weighted by Gasteiger charge is 2.52. The van der Waals surface area contributed by atoms with Crippen molar-refractivity contribution in [2.75, 3.05) is 19.6 Å². The molecule has 132 valence electrons. The lowest BCUT2D eigenvalue weighted by Gasteiger charge is -2.49. The Morgan fingerprint density at radius 3 is 2.88 bits per heavy atom. The number of rotatable bonds is 2. The maximum absolute atomic E-state index is 13.0. The van der Waals surface area contributed by atoms with E-state index in [1.165, 1.54) is 42.6 Å². The first kappa shape index (κ1) is 15.7. The maximum atomic E-state index is 13.0. The van der Waals surface area contributed by atoms with Gasteiger partial charge in [-0.25, -0.2) is 13.8 Å². The van der Waals surface area contributed by atoms with Crippen LogP contribution in [0.2, 0.25) is 0 Å². The number of hydroxylamine groups is 1. The number of fused-ring (bicyclic) bond motifs is 3. The average Bonchev–Trinajstić information content (AvgIpc) is 3.20. The van der Waals surface area contributed by atoms with E-state index < -0.39 is 6.43 Å². The van der Waals surface area contributed by atoms with Crippen molar-refractivity contribution >= 4 is 32.9 Å². The fraction of sp³-hybridized carbons (Fsp3) is 0.500. The molecule has 4 aliphatic rings. The quantitative estimate of drug-likeness (QED) is 0.866. The van der Waals surface area contributed by atoms with Gasteiger partial charge in [0.15, 0.2) is 0 Å². The molecule has 0 saturated carbocycles. The highest BCUT2D eigenvalue weighted by Crippen LogP contribution is 2.42. The van der Waals surface area contributed by atoms with Gasteiger partial charge in [0.2, 0.25) is 0 Å². The number of nitrogens with one attached hydrogen (secondary N) is 1. The van der Waals surface area contributed by atoms with Crippen molar-refractivity contribution in [2.24, 2.45) is 10.9 Å². The van der Waals surface area contributed by atoms with Gasteiger partial charge in [0.25, 0.3) is 6.43 Å². The summed E-state index contributed by atoms with van der Waals surface area (Å²) in [6, 6.07) is 5.42. The monoisotopic (exact) mass is 363 g/mol. The zero-order valence-corrected chi connectivity index (χ0v) is 14.5. The largest absolute Gasteiger partial charge is 0.300 e.